The van der Waals surface area contributed by atoms with E-state index < -0.39 is 5.97 Å². The van der Waals surface area contributed by atoms with Gasteiger partial charge in [0.05, 0.1) is 5.92 Å². The summed E-state index contributed by atoms with van der Waals surface area (Å²) >= 11 is 3.37. The second-order valence-corrected chi connectivity index (χ2v) is 5.74. The molecular formula is C14H17BrO2. The van der Waals surface area contributed by atoms with Crippen LogP contribution in [0.15, 0.2) is 28.7 Å². The largest absolute Gasteiger partial charge is 0.481 e. The van der Waals surface area contributed by atoms with Crippen LogP contribution in [-0.4, -0.2) is 11.1 Å². The summed E-state index contributed by atoms with van der Waals surface area (Å²) in [6.45, 7) is 0. The molecule has 0 heterocycles. The van der Waals surface area contributed by atoms with Crippen molar-refractivity contribution in [3.63, 3.8) is 0 Å². The van der Waals surface area contributed by atoms with Crippen LogP contribution in [0, 0.1) is 5.92 Å². The van der Waals surface area contributed by atoms with Gasteiger partial charge in [-0.1, -0.05) is 53.7 Å². The zero-order valence-corrected chi connectivity index (χ0v) is 11.3. The van der Waals surface area contributed by atoms with Gasteiger partial charge in [-0.25, -0.2) is 0 Å². The Labute approximate surface area is 110 Å². The maximum atomic E-state index is 11.4. The van der Waals surface area contributed by atoms with Gasteiger partial charge in [0.15, 0.2) is 0 Å². The fourth-order valence-electron chi connectivity index (χ4n) is 2.65. The molecule has 3 heteroatoms. The Morgan fingerprint density at radius 1 is 1.29 bits per heavy atom. The van der Waals surface area contributed by atoms with E-state index in [-0.39, 0.29) is 5.92 Å². The van der Waals surface area contributed by atoms with Crippen LogP contribution in [0.25, 0.3) is 0 Å². The summed E-state index contributed by atoms with van der Waals surface area (Å²) in [7, 11) is 0. The van der Waals surface area contributed by atoms with E-state index in [4.69, 9.17) is 0 Å². The van der Waals surface area contributed by atoms with Gasteiger partial charge in [0.2, 0.25) is 0 Å². The molecule has 1 atom stereocenters. The number of halogens is 1. The lowest BCUT2D eigenvalue weighted by atomic mass is 9.88. The predicted molar refractivity (Wildman–Crippen MR) is 71.1 cm³/mol. The minimum absolute atomic E-state index is 0.341. The smallest absolute Gasteiger partial charge is 0.310 e. The van der Waals surface area contributed by atoms with Crippen molar-refractivity contribution in [3.05, 3.63) is 34.3 Å². The third kappa shape index (κ3) is 3.32. The van der Waals surface area contributed by atoms with Crippen LogP contribution in [0.3, 0.4) is 0 Å². The summed E-state index contributed by atoms with van der Waals surface area (Å²) in [4.78, 5) is 11.4. The van der Waals surface area contributed by atoms with E-state index in [9.17, 15) is 9.90 Å². The molecule has 2 nitrogen and oxygen atoms in total. The monoisotopic (exact) mass is 296 g/mol. The second kappa shape index (κ2) is 5.67. The summed E-state index contributed by atoms with van der Waals surface area (Å²) in [5.74, 6) is -0.440. The molecule has 0 radical (unpaired) electrons. The molecule has 92 valence electrons. The molecule has 1 fully saturated rings. The number of benzene rings is 1. The summed E-state index contributed by atoms with van der Waals surface area (Å²) in [6, 6.07) is 7.66. The number of carboxylic acid groups (broad SMARTS) is 1. The molecule has 0 aromatic heterocycles. The first-order valence-corrected chi connectivity index (χ1v) is 6.94. The quantitative estimate of drug-likeness (QED) is 0.904. The Morgan fingerprint density at radius 3 is 2.41 bits per heavy atom. The first-order valence-electron chi connectivity index (χ1n) is 6.15. The lowest BCUT2D eigenvalue weighted by Gasteiger charge is -2.17. The molecular weight excluding hydrogens is 280 g/mol. The van der Waals surface area contributed by atoms with E-state index >= 15 is 0 Å². The Balaban J connectivity index is 2.10. The van der Waals surface area contributed by atoms with E-state index in [2.05, 4.69) is 15.9 Å². The molecule has 0 bridgehead atoms. The average Bonchev–Trinajstić information content (AvgIpc) is 2.80. The lowest BCUT2D eigenvalue weighted by Crippen LogP contribution is -2.15. The SMILES string of the molecule is O=C(O)[C@@H](CC1CCCC1)c1ccc(Br)cc1. The molecule has 1 N–H and O–H groups in total. The van der Waals surface area contributed by atoms with Crippen molar-refractivity contribution in [1.82, 2.24) is 0 Å². The minimum atomic E-state index is -0.695. The summed E-state index contributed by atoms with van der Waals surface area (Å²) in [5.41, 5.74) is 0.924. The number of hydrogen-bond donors (Lipinski definition) is 1. The van der Waals surface area contributed by atoms with Gasteiger partial charge in [-0.3, -0.25) is 4.79 Å². The van der Waals surface area contributed by atoms with Crippen molar-refractivity contribution >= 4 is 21.9 Å². The summed E-state index contributed by atoms with van der Waals surface area (Å²) < 4.78 is 0.992. The van der Waals surface area contributed by atoms with Crippen LogP contribution < -0.4 is 0 Å². The Kier molecular flexibility index (Phi) is 4.21. The summed E-state index contributed by atoms with van der Waals surface area (Å²) in [5, 5.41) is 9.34. The first-order chi connectivity index (χ1) is 8.16. The van der Waals surface area contributed by atoms with Crippen LogP contribution >= 0.6 is 15.9 Å². The maximum absolute atomic E-state index is 11.4. The molecule has 2 rings (SSSR count). The van der Waals surface area contributed by atoms with Gasteiger partial charge in [0.25, 0.3) is 0 Å². The number of aliphatic carboxylic acids is 1. The molecule has 1 aromatic rings. The van der Waals surface area contributed by atoms with Crippen LogP contribution in [0.1, 0.15) is 43.6 Å². The number of rotatable bonds is 4. The van der Waals surface area contributed by atoms with E-state index in [0.717, 1.165) is 16.5 Å². The molecule has 1 aliphatic rings. The highest BCUT2D eigenvalue weighted by atomic mass is 79.9. The van der Waals surface area contributed by atoms with E-state index in [1.807, 2.05) is 24.3 Å². The molecule has 0 unspecified atom stereocenters. The van der Waals surface area contributed by atoms with Gasteiger partial charge < -0.3 is 5.11 Å². The van der Waals surface area contributed by atoms with Crippen molar-refractivity contribution < 1.29 is 9.90 Å². The third-order valence-corrected chi connectivity index (χ3v) is 4.14. The molecule has 0 aliphatic heterocycles. The Hall–Kier alpha value is -0.830. The van der Waals surface area contributed by atoms with E-state index in [0.29, 0.717) is 5.92 Å². The fraction of sp³-hybridized carbons (Fsp3) is 0.500. The Bertz CT molecular complexity index is 380. The van der Waals surface area contributed by atoms with Crippen molar-refractivity contribution in [3.8, 4) is 0 Å². The lowest BCUT2D eigenvalue weighted by molar-refractivity contribution is -0.139. The van der Waals surface area contributed by atoms with Crippen LogP contribution in [0.5, 0.6) is 0 Å². The molecule has 17 heavy (non-hydrogen) atoms. The molecule has 0 saturated heterocycles. The number of hydrogen-bond acceptors (Lipinski definition) is 1. The minimum Gasteiger partial charge on any atom is -0.481 e. The van der Waals surface area contributed by atoms with Crippen molar-refractivity contribution in [2.24, 2.45) is 5.92 Å². The normalized spacial score (nSPS) is 18.2. The number of carbonyl (C=O) groups is 1. The highest BCUT2D eigenvalue weighted by Gasteiger charge is 2.26. The highest BCUT2D eigenvalue weighted by Crippen LogP contribution is 2.34. The molecule has 1 saturated carbocycles. The van der Waals surface area contributed by atoms with E-state index in [1.54, 1.807) is 0 Å². The van der Waals surface area contributed by atoms with Crippen molar-refractivity contribution in [2.75, 3.05) is 0 Å². The first kappa shape index (κ1) is 12.6. The van der Waals surface area contributed by atoms with Crippen molar-refractivity contribution in [1.29, 1.82) is 0 Å². The average molecular weight is 297 g/mol. The maximum Gasteiger partial charge on any atom is 0.310 e. The van der Waals surface area contributed by atoms with Crippen molar-refractivity contribution in [2.45, 2.75) is 38.0 Å². The zero-order valence-electron chi connectivity index (χ0n) is 9.73. The molecule has 1 aromatic carbocycles. The number of carboxylic acids is 1. The van der Waals surface area contributed by atoms with Gasteiger partial charge in [0.1, 0.15) is 0 Å². The third-order valence-electron chi connectivity index (χ3n) is 3.61. The van der Waals surface area contributed by atoms with Crippen LogP contribution in [-0.2, 0) is 4.79 Å². The zero-order chi connectivity index (χ0) is 12.3. The van der Waals surface area contributed by atoms with Crippen LogP contribution in [0.4, 0.5) is 0 Å². The van der Waals surface area contributed by atoms with Gasteiger partial charge in [-0.05, 0) is 30.0 Å². The molecule has 0 spiro atoms. The van der Waals surface area contributed by atoms with E-state index in [1.165, 1.54) is 25.7 Å². The van der Waals surface area contributed by atoms with Gasteiger partial charge in [-0.2, -0.15) is 0 Å². The highest BCUT2D eigenvalue weighted by molar-refractivity contribution is 9.10. The van der Waals surface area contributed by atoms with Gasteiger partial charge in [0, 0.05) is 4.47 Å². The van der Waals surface area contributed by atoms with Gasteiger partial charge in [-0.15, -0.1) is 0 Å². The van der Waals surface area contributed by atoms with Crippen LogP contribution in [0.2, 0.25) is 0 Å². The van der Waals surface area contributed by atoms with Gasteiger partial charge >= 0.3 is 5.97 Å². The molecule has 0 amide bonds. The predicted octanol–water partition coefficient (Wildman–Crippen LogP) is 4.20. The second-order valence-electron chi connectivity index (χ2n) is 4.83. The standard InChI is InChI=1S/C14H17BrO2/c15-12-7-5-11(6-8-12)13(14(16)17)9-10-3-1-2-4-10/h5-8,10,13H,1-4,9H2,(H,16,17)/t13-/m0/s1. The topological polar surface area (TPSA) is 37.3 Å². The summed E-state index contributed by atoms with van der Waals surface area (Å²) in [6.07, 6.45) is 5.70. The fourth-order valence-corrected chi connectivity index (χ4v) is 2.92. The molecule has 1 aliphatic carbocycles. The Morgan fingerprint density at radius 2 is 1.88 bits per heavy atom.